The minimum Gasteiger partial charge on any atom is -0.491 e. The summed E-state index contributed by atoms with van der Waals surface area (Å²) in [7, 11) is -2.97. The van der Waals surface area contributed by atoms with Gasteiger partial charge in [-0.2, -0.15) is 0 Å². The van der Waals surface area contributed by atoms with Crippen LogP contribution in [0.15, 0.2) is 18.3 Å². The van der Waals surface area contributed by atoms with Gasteiger partial charge in [0.05, 0.1) is 17.6 Å². The number of hydrogen-bond acceptors (Lipinski definition) is 5. The molecular formula is C13H22N2O3S. The van der Waals surface area contributed by atoms with Gasteiger partial charge in [0.2, 0.25) is 0 Å². The fourth-order valence-corrected chi connectivity index (χ4v) is 1.97. The summed E-state index contributed by atoms with van der Waals surface area (Å²) < 4.78 is 27.9. The van der Waals surface area contributed by atoms with Crippen LogP contribution in [-0.2, 0) is 16.4 Å². The van der Waals surface area contributed by atoms with Crippen molar-refractivity contribution >= 4 is 9.84 Å². The highest BCUT2D eigenvalue weighted by molar-refractivity contribution is 7.91. The molecule has 0 saturated heterocycles. The van der Waals surface area contributed by atoms with E-state index in [4.69, 9.17) is 4.74 Å². The van der Waals surface area contributed by atoms with Crippen LogP contribution in [0.3, 0.4) is 0 Å². The summed E-state index contributed by atoms with van der Waals surface area (Å²) in [5.74, 6) is 0.786. The highest BCUT2D eigenvalue weighted by Gasteiger charge is 2.07. The highest BCUT2D eigenvalue weighted by Crippen LogP contribution is 2.09. The summed E-state index contributed by atoms with van der Waals surface area (Å²) in [6.45, 7) is 6.66. The molecule has 0 unspecified atom stereocenters. The summed E-state index contributed by atoms with van der Waals surface area (Å²) in [5.41, 5.74) is 0.933. The predicted molar refractivity (Wildman–Crippen MR) is 76.0 cm³/mol. The van der Waals surface area contributed by atoms with Gasteiger partial charge in [-0.05, 0) is 12.1 Å². The Kier molecular flexibility index (Phi) is 6.24. The quantitative estimate of drug-likeness (QED) is 0.782. The van der Waals surface area contributed by atoms with Gasteiger partial charge in [0.1, 0.15) is 12.4 Å². The smallest absolute Gasteiger partial charge is 0.153 e. The van der Waals surface area contributed by atoms with Crippen LogP contribution >= 0.6 is 0 Å². The van der Waals surface area contributed by atoms with Crippen LogP contribution in [0, 0.1) is 0 Å². The Morgan fingerprint density at radius 2 is 2.11 bits per heavy atom. The largest absolute Gasteiger partial charge is 0.491 e. The molecular weight excluding hydrogens is 264 g/mol. The van der Waals surface area contributed by atoms with Gasteiger partial charge in [0, 0.05) is 18.3 Å². The number of hydrogen-bond donors (Lipinski definition) is 1. The molecule has 5 nitrogen and oxygen atoms in total. The van der Waals surface area contributed by atoms with E-state index in [1.54, 1.807) is 13.1 Å². The molecule has 1 N–H and O–H groups in total. The molecule has 19 heavy (non-hydrogen) atoms. The predicted octanol–water partition coefficient (Wildman–Crippen LogP) is 1.39. The molecule has 0 fully saturated rings. The molecule has 0 aliphatic rings. The molecule has 0 atom stereocenters. The molecule has 1 aromatic heterocycles. The molecule has 108 valence electrons. The normalized spacial score (nSPS) is 11.8. The number of aromatic nitrogens is 1. The van der Waals surface area contributed by atoms with E-state index < -0.39 is 9.84 Å². The van der Waals surface area contributed by atoms with Gasteiger partial charge in [0.25, 0.3) is 0 Å². The number of nitrogens with zero attached hydrogens (tertiary/aromatic N) is 1. The minimum atomic E-state index is -2.97. The zero-order valence-electron chi connectivity index (χ0n) is 11.7. The first-order chi connectivity index (χ1) is 8.93. The Morgan fingerprint density at radius 3 is 2.63 bits per heavy atom. The lowest BCUT2D eigenvalue weighted by Crippen LogP contribution is -2.22. The maximum absolute atomic E-state index is 11.3. The minimum absolute atomic E-state index is 0.0418. The average molecular weight is 286 g/mol. The van der Waals surface area contributed by atoms with Crippen molar-refractivity contribution in [2.45, 2.75) is 33.4 Å². The fourth-order valence-electron chi connectivity index (χ4n) is 1.34. The first-order valence-corrected chi connectivity index (χ1v) is 8.26. The van der Waals surface area contributed by atoms with E-state index in [0.29, 0.717) is 18.3 Å². The summed E-state index contributed by atoms with van der Waals surface area (Å²) in [6.07, 6.45) is 1.62. The van der Waals surface area contributed by atoms with Crippen molar-refractivity contribution in [3.05, 3.63) is 24.0 Å². The fraction of sp³-hybridized carbons (Fsp3) is 0.615. The number of ether oxygens (including phenoxy) is 1. The lowest BCUT2D eigenvalue weighted by Gasteiger charge is -2.09. The topological polar surface area (TPSA) is 68.3 Å². The Morgan fingerprint density at radius 1 is 1.37 bits per heavy atom. The van der Waals surface area contributed by atoms with Crippen LogP contribution in [0.5, 0.6) is 5.75 Å². The van der Waals surface area contributed by atoms with Gasteiger partial charge in [0.15, 0.2) is 9.84 Å². The Hall–Kier alpha value is -1.14. The zero-order valence-corrected chi connectivity index (χ0v) is 12.5. The van der Waals surface area contributed by atoms with Gasteiger partial charge < -0.3 is 10.1 Å². The third-order valence-electron chi connectivity index (χ3n) is 2.59. The first kappa shape index (κ1) is 15.9. The first-order valence-electron chi connectivity index (χ1n) is 6.44. The molecule has 0 amide bonds. The van der Waals surface area contributed by atoms with Crippen LogP contribution in [-0.4, -0.2) is 37.6 Å². The van der Waals surface area contributed by atoms with Crippen LogP contribution in [0.25, 0.3) is 0 Å². The molecule has 0 radical (unpaired) electrons. The summed E-state index contributed by atoms with van der Waals surface area (Å²) in [6, 6.07) is 4.10. The SMILES string of the molecule is CCS(=O)(=O)CCOc1ccc(CNC(C)C)nc1. The maximum atomic E-state index is 11.3. The Labute approximate surface area is 115 Å². The van der Waals surface area contributed by atoms with Crippen molar-refractivity contribution in [2.24, 2.45) is 0 Å². The van der Waals surface area contributed by atoms with Crippen molar-refractivity contribution in [2.75, 3.05) is 18.1 Å². The summed E-state index contributed by atoms with van der Waals surface area (Å²) in [4.78, 5) is 4.25. The van der Waals surface area contributed by atoms with Crippen LogP contribution < -0.4 is 10.1 Å². The van der Waals surface area contributed by atoms with Crippen molar-refractivity contribution < 1.29 is 13.2 Å². The van der Waals surface area contributed by atoms with Crippen LogP contribution in [0.4, 0.5) is 0 Å². The van der Waals surface area contributed by atoms with E-state index in [-0.39, 0.29) is 18.1 Å². The van der Waals surface area contributed by atoms with Crippen molar-refractivity contribution in [3.8, 4) is 5.75 Å². The lowest BCUT2D eigenvalue weighted by atomic mass is 10.3. The molecule has 1 aromatic rings. The van der Waals surface area contributed by atoms with Gasteiger partial charge >= 0.3 is 0 Å². The van der Waals surface area contributed by atoms with Gasteiger partial charge in [-0.1, -0.05) is 20.8 Å². The third-order valence-corrected chi connectivity index (χ3v) is 4.26. The standard InChI is InChI=1S/C13H22N2O3S/c1-4-19(16,17)8-7-18-13-6-5-12(15-10-13)9-14-11(2)3/h5-6,10-11,14H,4,7-9H2,1-3H3. The maximum Gasteiger partial charge on any atom is 0.153 e. The Balaban J connectivity index is 2.40. The number of rotatable bonds is 8. The van der Waals surface area contributed by atoms with E-state index in [1.165, 1.54) is 0 Å². The number of nitrogens with one attached hydrogen (secondary N) is 1. The lowest BCUT2D eigenvalue weighted by molar-refractivity contribution is 0.339. The molecule has 0 spiro atoms. The van der Waals surface area contributed by atoms with E-state index in [9.17, 15) is 8.42 Å². The van der Waals surface area contributed by atoms with Crippen molar-refractivity contribution in [3.63, 3.8) is 0 Å². The van der Waals surface area contributed by atoms with Crippen molar-refractivity contribution in [1.29, 1.82) is 0 Å². The van der Waals surface area contributed by atoms with Crippen LogP contribution in [0.1, 0.15) is 26.5 Å². The third kappa shape index (κ3) is 6.54. The Bertz CT molecular complexity index is 469. The van der Waals surface area contributed by atoms with E-state index in [0.717, 1.165) is 5.69 Å². The van der Waals surface area contributed by atoms with E-state index >= 15 is 0 Å². The molecule has 1 heterocycles. The summed E-state index contributed by atoms with van der Waals surface area (Å²) >= 11 is 0. The second kappa shape index (κ2) is 7.45. The van der Waals surface area contributed by atoms with Gasteiger partial charge in [-0.15, -0.1) is 0 Å². The van der Waals surface area contributed by atoms with E-state index in [2.05, 4.69) is 24.1 Å². The van der Waals surface area contributed by atoms with E-state index in [1.807, 2.05) is 12.1 Å². The highest BCUT2D eigenvalue weighted by atomic mass is 32.2. The molecule has 0 aliphatic heterocycles. The molecule has 0 saturated carbocycles. The molecule has 0 aliphatic carbocycles. The van der Waals surface area contributed by atoms with Gasteiger partial charge in [-0.25, -0.2) is 8.42 Å². The second-order valence-corrected chi connectivity index (χ2v) is 7.08. The molecule has 6 heteroatoms. The van der Waals surface area contributed by atoms with Crippen molar-refractivity contribution in [1.82, 2.24) is 10.3 Å². The van der Waals surface area contributed by atoms with Crippen LogP contribution in [0.2, 0.25) is 0 Å². The zero-order chi connectivity index (χ0) is 14.3. The summed E-state index contributed by atoms with van der Waals surface area (Å²) in [5, 5.41) is 3.27. The second-order valence-electron chi connectivity index (χ2n) is 4.61. The molecule has 1 rings (SSSR count). The number of pyridine rings is 1. The molecule has 0 bridgehead atoms. The van der Waals surface area contributed by atoms with Gasteiger partial charge in [-0.3, -0.25) is 4.98 Å². The number of sulfone groups is 1. The monoisotopic (exact) mass is 286 g/mol. The molecule has 0 aromatic carbocycles. The average Bonchev–Trinajstić information content (AvgIpc) is 2.37.